The van der Waals surface area contributed by atoms with Gasteiger partial charge in [-0.25, -0.2) is 17.3 Å². The van der Waals surface area contributed by atoms with Gasteiger partial charge in [-0.3, -0.25) is 0 Å². The van der Waals surface area contributed by atoms with Crippen LogP contribution in [0.25, 0.3) is 0 Å². The molecule has 0 saturated carbocycles. The molecule has 1 saturated heterocycles. The van der Waals surface area contributed by atoms with Crippen LogP contribution in [-0.4, -0.2) is 42.8 Å². The van der Waals surface area contributed by atoms with E-state index in [0.717, 1.165) is 17.7 Å². The third-order valence-electron chi connectivity index (χ3n) is 4.06. The molecular weight excluding hydrogens is 352 g/mol. The van der Waals surface area contributed by atoms with Crippen LogP contribution in [0.5, 0.6) is 0 Å². The Hall–Kier alpha value is -0.280. The van der Waals surface area contributed by atoms with Gasteiger partial charge in [0.2, 0.25) is 0 Å². The van der Waals surface area contributed by atoms with Crippen molar-refractivity contribution in [3.8, 4) is 0 Å². The zero-order valence-corrected chi connectivity index (χ0v) is 16.6. The first-order valence-electron chi connectivity index (χ1n) is 7.78. The monoisotopic (exact) mass is 378 g/mol. The SMILES string of the molecule is CS(=O)NCC1CCN(S(=O)(=O)c2ccc(C(C)(C)C)s2)CC1. The Morgan fingerprint density at radius 3 is 2.39 bits per heavy atom. The molecule has 1 N–H and O–H groups in total. The van der Waals surface area contributed by atoms with Crippen LogP contribution in [0.3, 0.4) is 0 Å². The Bertz CT molecular complexity index is 654. The van der Waals surface area contributed by atoms with E-state index in [9.17, 15) is 12.6 Å². The normalized spacial score (nSPS) is 19.8. The van der Waals surface area contributed by atoms with Gasteiger partial charge in [0.05, 0.1) is 11.0 Å². The first kappa shape index (κ1) is 19.1. The van der Waals surface area contributed by atoms with Gasteiger partial charge >= 0.3 is 0 Å². The lowest BCUT2D eigenvalue weighted by Gasteiger charge is -2.30. The topological polar surface area (TPSA) is 66.5 Å². The standard InChI is InChI=1S/C15H26N2O3S3/c1-15(2,3)13-5-6-14(21-13)23(19,20)17-9-7-12(8-10-17)11-16-22(4)18/h5-6,12,16H,7-11H2,1-4H3. The number of thiophene rings is 1. The van der Waals surface area contributed by atoms with Gasteiger partial charge in [-0.1, -0.05) is 20.8 Å². The van der Waals surface area contributed by atoms with Gasteiger partial charge in [0.25, 0.3) is 10.0 Å². The highest BCUT2D eigenvalue weighted by Gasteiger charge is 2.31. The summed E-state index contributed by atoms with van der Waals surface area (Å²) in [5.74, 6) is 0.388. The van der Waals surface area contributed by atoms with Gasteiger partial charge in [-0.05, 0) is 36.3 Å². The van der Waals surface area contributed by atoms with Gasteiger partial charge in [0, 0.05) is 30.8 Å². The lowest BCUT2D eigenvalue weighted by molar-refractivity contribution is 0.275. The molecule has 1 aliphatic heterocycles. The molecule has 1 aromatic rings. The van der Waals surface area contributed by atoms with Crippen molar-refractivity contribution in [2.24, 2.45) is 5.92 Å². The maximum Gasteiger partial charge on any atom is 0.252 e. The molecule has 1 atom stereocenters. The van der Waals surface area contributed by atoms with Gasteiger partial charge in [0.15, 0.2) is 0 Å². The fourth-order valence-corrected chi connectivity index (χ4v) is 6.04. The van der Waals surface area contributed by atoms with E-state index in [-0.39, 0.29) is 5.41 Å². The smallest absolute Gasteiger partial charge is 0.243 e. The third kappa shape index (κ3) is 4.85. The van der Waals surface area contributed by atoms with E-state index in [1.807, 2.05) is 6.07 Å². The number of rotatable bonds is 5. The molecule has 23 heavy (non-hydrogen) atoms. The van der Waals surface area contributed by atoms with Crippen LogP contribution in [0.1, 0.15) is 38.5 Å². The third-order valence-corrected chi connectivity index (χ3v) is 8.51. The second kappa shape index (κ2) is 7.31. The number of nitrogens with one attached hydrogen (secondary N) is 1. The molecular formula is C15H26N2O3S3. The first-order chi connectivity index (χ1) is 10.6. The minimum Gasteiger partial charge on any atom is -0.243 e. The van der Waals surface area contributed by atoms with Crippen LogP contribution < -0.4 is 4.72 Å². The second-order valence-electron chi connectivity index (χ2n) is 7.02. The molecule has 5 nitrogen and oxygen atoms in total. The number of sulfonamides is 1. The summed E-state index contributed by atoms with van der Waals surface area (Å²) in [5, 5.41) is 0. The van der Waals surface area contributed by atoms with Crippen LogP contribution in [0, 0.1) is 5.92 Å². The van der Waals surface area contributed by atoms with Crippen molar-refractivity contribution in [3.63, 3.8) is 0 Å². The highest BCUT2D eigenvalue weighted by molar-refractivity contribution is 7.91. The largest absolute Gasteiger partial charge is 0.252 e. The van der Waals surface area contributed by atoms with E-state index >= 15 is 0 Å². The summed E-state index contributed by atoms with van der Waals surface area (Å²) in [6, 6.07) is 3.65. The Kier molecular flexibility index (Phi) is 6.05. The molecule has 0 bridgehead atoms. The Labute approximate surface area is 146 Å². The van der Waals surface area contributed by atoms with Crippen LogP contribution >= 0.6 is 11.3 Å². The van der Waals surface area contributed by atoms with Crippen LogP contribution in [0.15, 0.2) is 16.3 Å². The maximum atomic E-state index is 12.8. The molecule has 0 amide bonds. The molecule has 2 rings (SSSR count). The zero-order chi connectivity index (χ0) is 17.3. The van der Waals surface area contributed by atoms with Crippen LogP contribution in [0.4, 0.5) is 0 Å². The van der Waals surface area contributed by atoms with Crippen LogP contribution in [0.2, 0.25) is 0 Å². The minimum atomic E-state index is -3.38. The van der Waals surface area contributed by atoms with Crippen molar-refractivity contribution < 1.29 is 12.6 Å². The van der Waals surface area contributed by atoms with Gasteiger partial charge in [0.1, 0.15) is 4.21 Å². The maximum absolute atomic E-state index is 12.8. The van der Waals surface area contributed by atoms with Crippen molar-refractivity contribution >= 4 is 32.3 Å². The van der Waals surface area contributed by atoms with E-state index in [1.165, 1.54) is 11.3 Å². The molecule has 0 aliphatic carbocycles. The van der Waals surface area contributed by atoms with Crippen molar-refractivity contribution in [1.29, 1.82) is 0 Å². The second-order valence-corrected chi connectivity index (χ2v) is 11.5. The highest BCUT2D eigenvalue weighted by atomic mass is 32.2. The van der Waals surface area contributed by atoms with Crippen LogP contribution in [-0.2, 0) is 26.4 Å². The summed E-state index contributed by atoms with van der Waals surface area (Å²) in [4.78, 5) is 1.08. The fourth-order valence-electron chi connectivity index (χ4n) is 2.58. The predicted molar refractivity (Wildman–Crippen MR) is 96.6 cm³/mol. The van der Waals surface area contributed by atoms with Gasteiger partial charge in [-0.2, -0.15) is 4.31 Å². The highest BCUT2D eigenvalue weighted by Crippen LogP contribution is 2.34. The molecule has 8 heteroatoms. The average molecular weight is 379 g/mol. The van der Waals surface area contributed by atoms with E-state index in [4.69, 9.17) is 0 Å². The summed E-state index contributed by atoms with van der Waals surface area (Å²) >= 11 is 1.37. The molecule has 0 radical (unpaired) electrons. The summed E-state index contributed by atoms with van der Waals surface area (Å²) in [5.41, 5.74) is -0.0348. The summed E-state index contributed by atoms with van der Waals surface area (Å²) in [6.45, 7) is 8.02. The van der Waals surface area contributed by atoms with Gasteiger partial charge < -0.3 is 0 Å². The first-order valence-corrected chi connectivity index (χ1v) is 11.6. The Balaban J connectivity index is 2.02. The number of piperidine rings is 1. The number of hydrogen-bond donors (Lipinski definition) is 1. The molecule has 1 aromatic heterocycles. The quantitative estimate of drug-likeness (QED) is 0.855. The van der Waals surface area contributed by atoms with E-state index in [0.29, 0.717) is 29.8 Å². The summed E-state index contributed by atoms with van der Waals surface area (Å²) in [7, 11) is -4.39. The van der Waals surface area contributed by atoms with E-state index in [1.54, 1.807) is 16.6 Å². The molecule has 0 spiro atoms. The Morgan fingerprint density at radius 2 is 1.91 bits per heavy atom. The average Bonchev–Trinajstić information content (AvgIpc) is 2.96. The minimum absolute atomic E-state index is 0.0348. The molecule has 1 aliphatic rings. The number of hydrogen-bond acceptors (Lipinski definition) is 4. The van der Waals surface area contributed by atoms with Gasteiger partial charge in [-0.15, -0.1) is 11.3 Å². The van der Waals surface area contributed by atoms with Crippen molar-refractivity contribution in [2.45, 2.75) is 43.2 Å². The molecule has 0 aromatic carbocycles. The summed E-state index contributed by atoms with van der Waals surface area (Å²) < 4.78 is 41.6. The predicted octanol–water partition coefficient (Wildman–Crippen LogP) is 2.33. The molecule has 1 fully saturated rings. The molecule has 1 unspecified atom stereocenters. The fraction of sp³-hybridized carbons (Fsp3) is 0.733. The zero-order valence-electron chi connectivity index (χ0n) is 14.2. The molecule has 2 heterocycles. The Morgan fingerprint density at radius 1 is 1.30 bits per heavy atom. The number of nitrogens with zero attached hydrogens (tertiary/aromatic N) is 1. The van der Waals surface area contributed by atoms with Crippen molar-refractivity contribution in [3.05, 3.63) is 17.0 Å². The van der Waals surface area contributed by atoms with Crippen molar-refractivity contribution in [1.82, 2.24) is 9.03 Å². The summed E-state index contributed by atoms with van der Waals surface area (Å²) in [6.07, 6.45) is 3.23. The van der Waals surface area contributed by atoms with E-state index in [2.05, 4.69) is 25.5 Å². The molecule has 132 valence electrons. The van der Waals surface area contributed by atoms with E-state index < -0.39 is 21.0 Å². The van der Waals surface area contributed by atoms with Crippen molar-refractivity contribution in [2.75, 3.05) is 25.9 Å². The lowest BCUT2D eigenvalue weighted by Crippen LogP contribution is -2.40. The lowest BCUT2D eigenvalue weighted by atomic mass is 9.95.